The second kappa shape index (κ2) is 9.28. The summed E-state index contributed by atoms with van der Waals surface area (Å²) in [5.74, 6) is 0.349. The Hall–Kier alpha value is -2.58. The molecule has 2 N–H and O–H groups in total. The Bertz CT molecular complexity index is 888. The predicted molar refractivity (Wildman–Crippen MR) is 115 cm³/mol. The van der Waals surface area contributed by atoms with Crippen molar-refractivity contribution in [3.63, 3.8) is 0 Å². The van der Waals surface area contributed by atoms with E-state index in [2.05, 4.69) is 16.3 Å². The molecule has 0 spiro atoms. The van der Waals surface area contributed by atoms with Gasteiger partial charge in [0.1, 0.15) is 10.8 Å². The predicted octanol–water partition coefficient (Wildman–Crippen LogP) is 1.50. The van der Waals surface area contributed by atoms with Crippen LogP contribution in [0.5, 0.6) is 5.75 Å². The van der Waals surface area contributed by atoms with Gasteiger partial charge in [0.2, 0.25) is 0 Å². The molecule has 2 heterocycles. The zero-order chi connectivity index (χ0) is 21.0. The number of nitrogens with one attached hydrogen (secondary N) is 2. The average Bonchev–Trinajstić information content (AvgIpc) is 3.01. The lowest BCUT2D eigenvalue weighted by atomic mass is 10.1. The number of amides is 1. The number of thiophene rings is 1. The van der Waals surface area contributed by atoms with Crippen molar-refractivity contribution < 1.29 is 24.0 Å². The van der Waals surface area contributed by atoms with E-state index < -0.39 is 5.97 Å². The maximum Gasteiger partial charge on any atom is 0.341 e. The quantitative estimate of drug-likeness (QED) is 0.696. The van der Waals surface area contributed by atoms with Gasteiger partial charge in [0.05, 0.1) is 46.0 Å². The molecule has 1 aliphatic heterocycles. The maximum absolute atomic E-state index is 12.6. The van der Waals surface area contributed by atoms with E-state index in [1.165, 1.54) is 23.3 Å². The average molecular weight is 419 g/mol. The van der Waals surface area contributed by atoms with Crippen LogP contribution in [-0.4, -0.2) is 58.8 Å². The number of esters is 1. The molecular weight excluding hydrogens is 390 g/mol. The minimum Gasteiger partial charge on any atom is -0.497 e. The van der Waals surface area contributed by atoms with Crippen LogP contribution in [0.4, 0.5) is 10.7 Å². The molecule has 156 valence electrons. The Morgan fingerprint density at radius 1 is 1.21 bits per heavy atom. The van der Waals surface area contributed by atoms with Gasteiger partial charge in [-0.25, -0.2) is 4.79 Å². The van der Waals surface area contributed by atoms with Crippen molar-refractivity contribution in [2.24, 2.45) is 0 Å². The van der Waals surface area contributed by atoms with Crippen LogP contribution in [0.2, 0.25) is 0 Å². The minimum absolute atomic E-state index is 0.0822. The van der Waals surface area contributed by atoms with Crippen molar-refractivity contribution in [1.82, 2.24) is 0 Å². The molecule has 8 heteroatoms. The smallest absolute Gasteiger partial charge is 0.341 e. The number of benzene rings is 1. The number of rotatable bonds is 6. The summed E-state index contributed by atoms with van der Waals surface area (Å²) in [6, 6.07) is 8.04. The van der Waals surface area contributed by atoms with Gasteiger partial charge in [-0.15, -0.1) is 11.3 Å². The number of aryl methyl sites for hydroxylation is 1. The Kier molecular flexibility index (Phi) is 6.76. The highest BCUT2D eigenvalue weighted by molar-refractivity contribution is 7.16. The number of quaternary nitrogens is 1. The van der Waals surface area contributed by atoms with Gasteiger partial charge in [0.25, 0.3) is 5.91 Å². The lowest BCUT2D eigenvalue weighted by molar-refractivity contribution is -0.892. The standard InChI is InChI=1S/C21H27N3O4S/c1-14-15(2)29-20(19(14)21(26)28-4)22-18(25)13-23-8-10-24(11-9-23)16-6-5-7-17(12-16)27-3/h5-7,12H,8-11,13H2,1-4H3,(H,22,25)/p+1. The molecular formula is C21H28N3O4S+. The Balaban J connectivity index is 1.56. The first kappa shape index (κ1) is 21.1. The van der Waals surface area contributed by atoms with Crippen LogP contribution in [0.15, 0.2) is 24.3 Å². The van der Waals surface area contributed by atoms with E-state index >= 15 is 0 Å². The molecule has 3 rings (SSSR count). The van der Waals surface area contributed by atoms with Crippen LogP contribution in [0.25, 0.3) is 0 Å². The highest BCUT2D eigenvalue weighted by atomic mass is 32.1. The topological polar surface area (TPSA) is 72.3 Å². The summed E-state index contributed by atoms with van der Waals surface area (Å²) in [5.41, 5.74) is 2.46. The first-order valence-corrected chi connectivity index (χ1v) is 10.4. The van der Waals surface area contributed by atoms with Crippen LogP contribution in [0.3, 0.4) is 0 Å². The molecule has 29 heavy (non-hydrogen) atoms. The number of methoxy groups -OCH3 is 2. The summed E-state index contributed by atoms with van der Waals surface area (Å²) in [4.78, 5) is 29.2. The van der Waals surface area contributed by atoms with Crippen LogP contribution >= 0.6 is 11.3 Å². The summed E-state index contributed by atoms with van der Waals surface area (Å²) in [6.45, 7) is 7.68. The number of hydrogen-bond donors (Lipinski definition) is 2. The molecule has 2 aromatic rings. The molecule has 1 amide bonds. The van der Waals surface area contributed by atoms with Crippen molar-refractivity contribution in [2.45, 2.75) is 13.8 Å². The molecule has 1 aromatic carbocycles. The van der Waals surface area contributed by atoms with Crippen molar-refractivity contribution in [3.05, 3.63) is 40.3 Å². The Morgan fingerprint density at radius 3 is 2.59 bits per heavy atom. The number of hydrogen-bond acceptors (Lipinski definition) is 6. The van der Waals surface area contributed by atoms with Gasteiger partial charge in [-0.2, -0.15) is 0 Å². The SMILES string of the molecule is COC(=O)c1c(NC(=O)C[NH+]2CCN(c3cccc(OC)c3)CC2)sc(C)c1C. The summed E-state index contributed by atoms with van der Waals surface area (Å²) >= 11 is 1.41. The van der Waals surface area contributed by atoms with Crippen LogP contribution in [0.1, 0.15) is 20.8 Å². The second-order valence-corrected chi connectivity index (χ2v) is 8.37. The third-order valence-corrected chi connectivity index (χ3v) is 6.45. The third-order valence-electron chi connectivity index (χ3n) is 5.33. The van der Waals surface area contributed by atoms with Gasteiger partial charge in [0.15, 0.2) is 6.54 Å². The van der Waals surface area contributed by atoms with Crippen molar-refractivity contribution in [2.75, 3.05) is 57.2 Å². The molecule has 7 nitrogen and oxygen atoms in total. The fraction of sp³-hybridized carbons (Fsp3) is 0.429. The first-order chi connectivity index (χ1) is 13.9. The zero-order valence-corrected chi connectivity index (χ0v) is 18.1. The van der Waals surface area contributed by atoms with Crippen molar-refractivity contribution in [1.29, 1.82) is 0 Å². The normalized spacial score (nSPS) is 14.6. The number of anilines is 2. The Morgan fingerprint density at radius 2 is 1.93 bits per heavy atom. The van der Waals surface area contributed by atoms with Crippen LogP contribution in [0, 0.1) is 13.8 Å². The second-order valence-electron chi connectivity index (χ2n) is 7.14. The van der Waals surface area contributed by atoms with E-state index in [-0.39, 0.29) is 5.91 Å². The lowest BCUT2D eigenvalue weighted by Crippen LogP contribution is -3.15. The van der Waals surface area contributed by atoms with Gasteiger partial charge in [-0.3, -0.25) is 4.79 Å². The number of ether oxygens (including phenoxy) is 2. The highest BCUT2D eigenvalue weighted by Crippen LogP contribution is 2.32. The summed E-state index contributed by atoms with van der Waals surface area (Å²) < 4.78 is 10.2. The molecule has 0 aliphatic carbocycles. The highest BCUT2D eigenvalue weighted by Gasteiger charge is 2.25. The number of carbonyl (C=O) groups excluding carboxylic acids is 2. The fourth-order valence-electron chi connectivity index (χ4n) is 3.53. The fourth-order valence-corrected chi connectivity index (χ4v) is 4.59. The molecule has 1 aromatic heterocycles. The third kappa shape index (κ3) is 4.89. The monoisotopic (exact) mass is 418 g/mol. The maximum atomic E-state index is 12.6. The van der Waals surface area contributed by atoms with E-state index in [0.29, 0.717) is 17.1 Å². The molecule has 0 bridgehead atoms. The molecule has 1 saturated heterocycles. The number of nitrogens with zero attached hydrogens (tertiary/aromatic N) is 1. The zero-order valence-electron chi connectivity index (χ0n) is 17.3. The van der Waals surface area contributed by atoms with Crippen LogP contribution < -0.4 is 19.9 Å². The van der Waals surface area contributed by atoms with Crippen LogP contribution in [-0.2, 0) is 9.53 Å². The van der Waals surface area contributed by atoms with Gasteiger partial charge in [0, 0.05) is 16.6 Å². The number of piperazine rings is 1. The molecule has 1 fully saturated rings. The van der Waals surface area contributed by atoms with Crippen molar-refractivity contribution in [3.8, 4) is 5.75 Å². The summed E-state index contributed by atoms with van der Waals surface area (Å²) in [7, 11) is 3.02. The summed E-state index contributed by atoms with van der Waals surface area (Å²) in [6.07, 6.45) is 0. The molecule has 0 saturated carbocycles. The number of carbonyl (C=O) groups is 2. The summed E-state index contributed by atoms with van der Waals surface area (Å²) in [5, 5.41) is 3.50. The van der Waals surface area contributed by atoms with E-state index in [1.54, 1.807) is 7.11 Å². The Labute approximate surface area is 175 Å². The molecule has 1 aliphatic rings. The van der Waals surface area contributed by atoms with Gasteiger partial charge < -0.3 is 24.6 Å². The van der Waals surface area contributed by atoms with Gasteiger partial charge in [-0.05, 0) is 31.5 Å². The molecule has 0 atom stereocenters. The van der Waals surface area contributed by atoms with Crippen molar-refractivity contribution >= 4 is 33.9 Å². The first-order valence-electron chi connectivity index (χ1n) is 9.63. The van der Waals surface area contributed by atoms with E-state index in [0.717, 1.165) is 48.1 Å². The molecule has 0 unspecified atom stereocenters. The van der Waals surface area contributed by atoms with E-state index in [1.807, 2.05) is 32.0 Å². The minimum atomic E-state index is -0.415. The lowest BCUT2D eigenvalue weighted by Gasteiger charge is -2.33. The van der Waals surface area contributed by atoms with E-state index in [9.17, 15) is 9.59 Å². The van der Waals surface area contributed by atoms with Gasteiger partial charge >= 0.3 is 5.97 Å². The van der Waals surface area contributed by atoms with E-state index in [4.69, 9.17) is 9.47 Å². The molecule has 0 radical (unpaired) electrons. The largest absolute Gasteiger partial charge is 0.497 e. The van der Waals surface area contributed by atoms with Gasteiger partial charge in [-0.1, -0.05) is 6.07 Å².